The number of carbonyl (C=O) groups excluding carboxylic acids is 1. The molecule has 224 valence electrons. The number of rotatable bonds is 9. The Morgan fingerprint density at radius 1 is 1.10 bits per heavy atom. The lowest BCUT2D eigenvalue weighted by Crippen LogP contribution is -2.62. The molecule has 2 aromatic carbocycles. The van der Waals surface area contributed by atoms with Gasteiger partial charge in [-0.2, -0.15) is 0 Å². The molecule has 0 N–H and O–H groups in total. The number of benzene rings is 2. The van der Waals surface area contributed by atoms with Crippen LogP contribution in [0.1, 0.15) is 77.8 Å². The molecular weight excluding hydrogens is 581 g/mol. The van der Waals surface area contributed by atoms with Gasteiger partial charge in [0.15, 0.2) is 15.6 Å². The number of sulfone groups is 1. The van der Waals surface area contributed by atoms with E-state index in [4.69, 9.17) is 32.7 Å². The summed E-state index contributed by atoms with van der Waals surface area (Å²) in [6, 6.07) is 14.9. The van der Waals surface area contributed by atoms with E-state index in [0.717, 1.165) is 11.1 Å². The molecule has 0 spiro atoms. The highest BCUT2D eigenvalue weighted by atomic mass is 35.5. The molecule has 0 saturated carbocycles. The van der Waals surface area contributed by atoms with Gasteiger partial charge in [0, 0.05) is 33.7 Å². The topological polar surface area (TPSA) is 72.9 Å². The molecule has 2 aliphatic rings. The predicted octanol–water partition coefficient (Wildman–Crippen LogP) is 7.50. The van der Waals surface area contributed by atoms with Gasteiger partial charge in [-0.15, -0.1) is 0 Å². The number of ether oxygens (including phenoxy) is 2. The van der Waals surface area contributed by atoms with Crippen LogP contribution in [-0.4, -0.2) is 49.0 Å². The largest absolute Gasteiger partial charge is 0.348 e. The quantitative estimate of drug-likeness (QED) is 0.290. The van der Waals surface area contributed by atoms with E-state index in [1.54, 1.807) is 19.9 Å². The second kappa shape index (κ2) is 12.4. The van der Waals surface area contributed by atoms with Crippen molar-refractivity contribution in [3.63, 3.8) is 0 Å². The molecule has 0 aliphatic carbocycles. The normalized spacial score (nSPS) is 27.6. The number of likely N-dealkylation sites (tertiary alicyclic amines) is 1. The molecule has 2 aromatic rings. The second-order valence-corrected chi connectivity index (χ2v) is 15.2. The highest BCUT2D eigenvalue weighted by Gasteiger charge is 2.56. The summed E-state index contributed by atoms with van der Waals surface area (Å²) in [5.41, 5.74) is 0.988. The molecule has 0 radical (unpaired) electrons. The first-order valence-corrected chi connectivity index (χ1v) is 16.6. The zero-order valence-electron chi connectivity index (χ0n) is 24.6. The smallest absolute Gasteiger partial charge is 0.226 e. The van der Waals surface area contributed by atoms with Crippen molar-refractivity contribution < 1.29 is 22.7 Å². The fraction of sp³-hybridized carbons (Fsp3) is 0.531. The van der Waals surface area contributed by atoms with Gasteiger partial charge in [-0.1, -0.05) is 67.4 Å². The van der Waals surface area contributed by atoms with Crippen LogP contribution in [0.5, 0.6) is 0 Å². The Morgan fingerprint density at radius 2 is 1.78 bits per heavy atom. The van der Waals surface area contributed by atoms with Crippen molar-refractivity contribution in [2.24, 2.45) is 5.92 Å². The molecule has 2 heterocycles. The van der Waals surface area contributed by atoms with Gasteiger partial charge in [0.1, 0.15) is 0 Å². The summed E-state index contributed by atoms with van der Waals surface area (Å²) in [6.45, 7) is 11.4. The second-order valence-electron chi connectivity index (χ2n) is 12.0. The number of piperidine rings is 1. The molecule has 41 heavy (non-hydrogen) atoms. The van der Waals surface area contributed by atoms with E-state index in [0.29, 0.717) is 35.9 Å². The number of halogens is 2. The van der Waals surface area contributed by atoms with Crippen LogP contribution in [-0.2, 0) is 29.6 Å². The van der Waals surface area contributed by atoms with Crippen LogP contribution in [0.15, 0.2) is 60.0 Å². The maximum Gasteiger partial charge on any atom is 0.226 e. The van der Waals surface area contributed by atoms with Crippen LogP contribution in [0, 0.1) is 5.92 Å². The lowest BCUT2D eigenvalue weighted by atomic mass is 9.63. The average Bonchev–Trinajstić information content (AvgIpc) is 3.25. The Kier molecular flexibility index (Phi) is 9.66. The minimum Gasteiger partial charge on any atom is -0.348 e. The molecule has 2 unspecified atom stereocenters. The van der Waals surface area contributed by atoms with Crippen molar-refractivity contribution in [3.05, 3.63) is 81.2 Å². The summed E-state index contributed by atoms with van der Waals surface area (Å²) < 4.78 is 38.1. The van der Waals surface area contributed by atoms with Gasteiger partial charge in [0.05, 0.1) is 29.5 Å². The molecule has 9 heteroatoms. The lowest BCUT2D eigenvalue weighted by Gasteiger charge is -2.57. The van der Waals surface area contributed by atoms with Crippen molar-refractivity contribution in [3.8, 4) is 0 Å². The van der Waals surface area contributed by atoms with E-state index >= 15 is 0 Å². The standard InChI is InChI=1S/C32H41Cl2NO5S/c1-7-27(15-16-41(37,38)21(2)3)35-30(36)22(4)17-29(23-9-8-10-26(34)18-23)32(35,24-11-13-25(33)14-12-24)19-28-20-39-31(5,6)40-28/h8-16,18,21-22,27-29H,7,17,19-20H2,1-6H3/b16-15+/t22-,27?,28?,29-,32-/m1/s1. The Labute approximate surface area is 254 Å². The van der Waals surface area contributed by atoms with Crippen LogP contribution in [0.4, 0.5) is 0 Å². The summed E-state index contributed by atoms with van der Waals surface area (Å²) >= 11 is 12.9. The molecule has 2 saturated heterocycles. The molecule has 0 aromatic heterocycles. The molecular formula is C32H41Cl2NO5S. The number of nitrogens with zero attached hydrogens (tertiary/aromatic N) is 1. The van der Waals surface area contributed by atoms with Crippen LogP contribution in [0.2, 0.25) is 10.0 Å². The van der Waals surface area contributed by atoms with Gasteiger partial charge in [-0.3, -0.25) is 4.79 Å². The van der Waals surface area contributed by atoms with E-state index < -0.39 is 32.5 Å². The average molecular weight is 623 g/mol. The first-order chi connectivity index (χ1) is 19.2. The minimum atomic E-state index is -3.49. The van der Waals surface area contributed by atoms with E-state index in [2.05, 4.69) is 6.07 Å². The van der Waals surface area contributed by atoms with Crippen LogP contribution >= 0.6 is 23.2 Å². The van der Waals surface area contributed by atoms with Gasteiger partial charge in [0.25, 0.3) is 0 Å². The summed E-state index contributed by atoms with van der Waals surface area (Å²) in [6.07, 6.45) is 2.91. The van der Waals surface area contributed by atoms with Gasteiger partial charge >= 0.3 is 0 Å². The summed E-state index contributed by atoms with van der Waals surface area (Å²) in [5.74, 6) is -1.27. The van der Waals surface area contributed by atoms with Crippen molar-refractivity contribution in [1.82, 2.24) is 4.90 Å². The third kappa shape index (κ3) is 6.70. The number of hydrogen-bond acceptors (Lipinski definition) is 5. The third-order valence-corrected chi connectivity index (χ3v) is 10.7. The highest BCUT2D eigenvalue weighted by Crippen LogP contribution is 2.55. The van der Waals surface area contributed by atoms with E-state index in [1.807, 2.05) is 75.1 Å². The van der Waals surface area contributed by atoms with Crippen LogP contribution in [0.25, 0.3) is 0 Å². The van der Waals surface area contributed by atoms with Crippen molar-refractivity contribution >= 4 is 38.9 Å². The maximum absolute atomic E-state index is 14.4. The van der Waals surface area contributed by atoms with E-state index in [9.17, 15) is 13.2 Å². The number of amides is 1. The first-order valence-electron chi connectivity index (χ1n) is 14.3. The third-order valence-electron chi connectivity index (χ3n) is 8.35. The van der Waals surface area contributed by atoms with E-state index in [1.165, 1.54) is 5.41 Å². The van der Waals surface area contributed by atoms with Crippen molar-refractivity contribution in [2.75, 3.05) is 6.61 Å². The summed E-state index contributed by atoms with van der Waals surface area (Å²) in [7, 11) is -3.49. The molecule has 1 amide bonds. The zero-order valence-corrected chi connectivity index (χ0v) is 27.0. The zero-order chi connectivity index (χ0) is 30.2. The molecule has 0 bridgehead atoms. The van der Waals surface area contributed by atoms with Gasteiger partial charge in [-0.25, -0.2) is 8.42 Å². The minimum absolute atomic E-state index is 0.0325. The van der Waals surface area contributed by atoms with Crippen molar-refractivity contribution in [2.45, 2.75) is 95.4 Å². The number of carbonyl (C=O) groups is 1. The van der Waals surface area contributed by atoms with Crippen LogP contribution < -0.4 is 0 Å². The Morgan fingerprint density at radius 3 is 2.34 bits per heavy atom. The Balaban J connectivity index is 2.01. The Hall–Kier alpha value is -1.90. The lowest BCUT2D eigenvalue weighted by molar-refractivity contribution is -0.162. The monoisotopic (exact) mass is 621 g/mol. The van der Waals surface area contributed by atoms with Crippen LogP contribution in [0.3, 0.4) is 0 Å². The molecule has 2 aliphatic heterocycles. The maximum atomic E-state index is 14.4. The number of hydrogen-bond donors (Lipinski definition) is 0. The summed E-state index contributed by atoms with van der Waals surface area (Å²) in [4.78, 5) is 16.3. The fourth-order valence-electron chi connectivity index (χ4n) is 6.26. The van der Waals surface area contributed by atoms with Crippen molar-refractivity contribution in [1.29, 1.82) is 0 Å². The first kappa shape index (κ1) is 32.0. The summed E-state index contributed by atoms with van der Waals surface area (Å²) in [5, 5.41) is 1.90. The van der Waals surface area contributed by atoms with Gasteiger partial charge in [-0.05, 0) is 75.9 Å². The van der Waals surface area contributed by atoms with E-state index in [-0.39, 0.29) is 23.8 Å². The molecule has 2 fully saturated rings. The van der Waals surface area contributed by atoms with Gasteiger partial charge in [0.2, 0.25) is 5.91 Å². The predicted molar refractivity (Wildman–Crippen MR) is 165 cm³/mol. The highest BCUT2D eigenvalue weighted by molar-refractivity contribution is 7.94. The molecule has 4 rings (SSSR count). The van der Waals surface area contributed by atoms with Gasteiger partial charge < -0.3 is 14.4 Å². The Bertz CT molecular complexity index is 1370. The molecule has 6 nitrogen and oxygen atoms in total. The fourth-order valence-corrected chi connectivity index (χ4v) is 7.30. The SMILES string of the molecule is CCC(/C=C/S(=O)(=O)C(C)C)N1C(=O)[C@H](C)C[C@H](c2cccc(Cl)c2)[C@@]1(CC1COC(C)(C)O1)c1ccc(Cl)cc1. The molecule has 5 atom stereocenters.